The third-order valence-corrected chi connectivity index (χ3v) is 6.35. The van der Waals surface area contributed by atoms with E-state index in [9.17, 15) is 4.79 Å². The largest absolute Gasteiger partial charge is 0.310 e. The smallest absolute Gasteiger partial charge is 0.235 e. The molecule has 1 atom stereocenters. The molecule has 0 radical (unpaired) electrons. The molecule has 138 valence electrons. The molecule has 1 N–H and O–H groups in total. The molecule has 7 heteroatoms. The molecular weight excluding hydrogens is 401 g/mol. The molecule has 2 heterocycles. The molecule has 1 aliphatic rings. The number of rotatable bonds is 2. The van der Waals surface area contributed by atoms with Crippen molar-refractivity contribution in [3.63, 3.8) is 0 Å². The number of nitrogens with zero attached hydrogens (tertiary/aromatic N) is 2. The SMILES string of the molecule is Cc1ccc(-n2nc(C)c3c2NC(=O)CSC3c2ccc(Cl)cc2Cl)cc1. The summed E-state index contributed by atoms with van der Waals surface area (Å²) in [7, 11) is 0. The molecule has 0 fully saturated rings. The quantitative estimate of drug-likeness (QED) is 0.592. The number of carbonyl (C=O) groups excluding carboxylic acids is 1. The average molecular weight is 418 g/mol. The Morgan fingerprint density at radius 3 is 2.59 bits per heavy atom. The lowest BCUT2D eigenvalue weighted by atomic mass is 10.0. The average Bonchev–Trinajstić information content (AvgIpc) is 2.83. The lowest BCUT2D eigenvalue weighted by Gasteiger charge is -2.17. The van der Waals surface area contributed by atoms with Crippen LogP contribution in [0, 0.1) is 13.8 Å². The van der Waals surface area contributed by atoms with Crippen molar-refractivity contribution in [2.75, 3.05) is 11.1 Å². The van der Waals surface area contributed by atoms with E-state index in [-0.39, 0.29) is 11.2 Å². The summed E-state index contributed by atoms with van der Waals surface area (Å²) < 4.78 is 1.80. The van der Waals surface area contributed by atoms with Crippen LogP contribution in [0.15, 0.2) is 42.5 Å². The molecule has 1 aromatic heterocycles. The second kappa shape index (κ2) is 7.23. The van der Waals surface area contributed by atoms with Gasteiger partial charge in [0.1, 0.15) is 5.82 Å². The third-order valence-electron chi connectivity index (χ3n) is 4.53. The van der Waals surface area contributed by atoms with Gasteiger partial charge >= 0.3 is 0 Å². The molecular formula is C20H17Cl2N3OS. The zero-order chi connectivity index (χ0) is 19.1. The van der Waals surface area contributed by atoms with Crippen LogP contribution in [0.4, 0.5) is 5.82 Å². The number of hydrogen-bond acceptors (Lipinski definition) is 3. The number of aromatic nitrogens is 2. The highest BCUT2D eigenvalue weighted by Gasteiger charge is 2.31. The standard InChI is InChI=1S/C20H17Cl2N3OS/c1-11-3-6-14(7-4-11)25-20-18(12(2)24-25)19(27-10-17(26)23-20)15-8-5-13(21)9-16(15)22/h3-9,19H,10H2,1-2H3,(H,23,26). The number of carbonyl (C=O) groups is 1. The van der Waals surface area contributed by atoms with Crippen molar-refractivity contribution in [3.8, 4) is 5.69 Å². The van der Waals surface area contributed by atoms with E-state index in [0.717, 1.165) is 22.5 Å². The van der Waals surface area contributed by atoms with Crippen LogP contribution in [0.2, 0.25) is 10.0 Å². The van der Waals surface area contributed by atoms with E-state index in [1.165, 1.54) is 5.56 Å². The second-order valence-corrected chi connectivity index (χ2v) is 8.44. The van der Waals surface area contributed by atoms with Gasteiger partial charge in [0.25, 0.3) is 0 Å². The van der Waals surface area contributed by atoms with Gasteiger partial charge < -0.3 is 5.32 Å². The Morgan fingerprint density at radius 1 is 1.15 bits per heavy atom. The van der Waals surface area contributed by atoms with E-state index >= 15 is 0 Å². The minimum Gasteiger partial charge on any atom is -0.310 e. The Hall–Kier alpha value is -1.95. The van der Waals surface area contributed by atoms with Crippen LogP contribution < -0.4 is 5.32 Å². The molecule has 0 aliphatic carbocycles. The van der Waals surface area contributed by atoms with E-state index in [1.54, 1.807) is 22.5 Å². The fourth-order valence-corrected chi connectivity index (χ4v) is 5.02. The summed E-state index contributed by atoms with van der Waals surface area (Å²) in [6.45, 7) is 3.99. The van der Waals surface area contributed by atoms with Gasteiger partial charge in [-0.2, -0.15) is 5.10 Å². The number of aryl methyl sites for hydroxylation is 2. The molecule has 0 spiro atoms. The van der Waals surface area contributed by atoms with Crippen molar-refractivity contribution in [3.05, 3.63) is 74.9 Å². The molecule has 0 saturated heterocycles. The molecule has 1 aliphatic heterocycles. The van der Waals surface area contributed by atoms with Gasteiger partial charge in [-0.1, -0.05) is 47.0 Å². The Bertz CT molecular complexity index is 1030. The van der Waals surface area contributed by atoms with E-state index in [1.807, 2.05) is 50.2 Å². The number of thioether (sulfide) groups is 1. The molecule has 4 nitrogen and oxygen atoms in total. The first kappa shape index (κ1) is 18.4. The highest BCUT2D eigenvalue weighted by atomic mass is 35.5. The molecule has 0 saturated carbocycles. The summed E-state index contributed by atoms with van der Waals surface area (Å²) in [5.41, 5.74) is 4.82. The van der Waals surface area contributed by atoms with E-state index < -0.39 is 0 Å². The summed E-state index contributed by atoms with van der Waals surface area (Å²) >= 11 is 14.1. The number of halogens is 2. The van der Waals surface area contributed by atoms with Crippen LogP contribution in [-0.2, 0) is 4.79 Å². The van der Waals surface area contributed by atoms with Gasteiger partial charge in [-0.3, -0.25) is 4.79 Å². The van der Waals surface area contributed by atoms with E-state index in [2.05, 4.69) is 5.32 Å². The summed E-state index contributed by atoms with van der Waals surface area (Å²) in [6.07, 6.45) is 0. The van der Waals surface area contributed by atoms with E-state index in [0.29, 0.717) is 21.6 Å². The molecule has 1 unspecified atom stereocenters. The molecule has 27 heavy (non-hydrogen) atoms. The lowest BCUT2D eigenvalue weighted by molar-refractivity contribution is -0.113. The summed E-state index contributed by atoms with van der Waals surface area (Å²) in [5.74, 6) is 0.982. The molecule has 1 amide bonds. The highest BCUT2D eigenvalue weighted by Crippen LogP contribution is 2.46. The Balaban J connectivity index is 1.90. The predicted molar refractivity (Wildman–Crippen MR) is 112 cm³/mol. The van der Waals surface area contributed by atoms with Crippen LogP contribution in [0.25, 0.3) is 5.69 Å². The van der Waals surface area contributed by atoms with Gasteiger partial charge in [0.05, 0.1) is 22.4 Å². The monoisotopic (exact) mass is 417 g/mol. The normalized spacial score (nSPS) is 16.6. The van der Waals surface area contributed by atoms with Crippen molar-refractivity contribution in [1.82, 2.24) is 9.78 Å². The number of hydrogen-bond donors (Lipinski definition) is 1. The molecule has 2 aromatic carbocycles. The van der Waals surface area contributed by atoms with Gasteiger partial charge in [0, 0.05) is 15.6 Å². The zero-order valence-corrected chi connectivity index (χ0v) is 17.1. The summed E-state index contributed by atoms with van der Waals surface area (Å²) in [4.78, 5) is 12.4. The number of fused-ring (bicyclic) bond motifs is 1. The second-order valence-electron chi connectivity index (χ2n) is 6.50. The molecule has 4 rings (SSSR count). The molecule has 3 aromatic rings. The maximum atomic E-state index is 12.4. The van der Waals surface area contributed by atoms with Gasteiger partial charge in [0.2, 0.25) is 5.91 Å². The first-order chi connectivity index (χ1) is 12.9. The Kier molecular flexibility index (Phi) is 4.93. The number of nitrogens with one attached hydrogen (secondary N) is 1. The van der Waals surface area contributed by atoms with Crippen molar-refractivity contribution >= 4 is 46.7 Å². The first-order valence-corrected chi connectivity index (χ1v) is 10.3. The summed E-state index contributed by atoms with van der Waals surface area (Å²) in [5, 5.41) is 8.80. The van der Waals surface area contributed by atoms with Crippen LogP contribution in [-0.4, -0.2) is 21.4 Å². The third kappa shape index (κ3) is 3.47. The first-order valence-electron chi connectivity index (χ1n) is 8.47. The van der Waals surface area contributed by atoms with Gasteiger partial charge in [-0.15, -0.1) is 11.8 Å². The minimum atomic E-state index is -0.108. The number of benzene rings is 2. The van der Waals surface area contributed by atoms with Crippen LogP contribution in [0.5, 0.6) is 0 Å². The van der Waals surface area contributed by atoms with Crippen LogP contribution >= 0.6 is 35.0 Å². The van der Waals surface area contributed by atoms with Crippen molar-refractivity contribution < 1.29 is 4.79 Å². The minimum absolute atomic E-state index is 0.0536. The lowest BCUT2D eigenvalue weighted by Crippen LogP contribution is -2.15. The Labute approximate surface area is 171 Å². The number of anilines is 1. The van der Waals surface area contributed by atoms with Crippen molar-refractivity contribution in [2.45, 2.75) is 19.1 Å². The number of amides is 1. The maximum absolute atomic E-state index is 12.4. The van der Waals surface area contributed by atoms with Gasteiger partial charge in [0.15, 0.2) is 0 Å². The topological polar surface area (TPSA) is 46.9 Å². The predicted octanol–water partition coefficient (Wildman–Crippen LogP) is 5.57. The highest BCUT2D eigenvalue weighted by molar-refractivity contribution is 8.00. The van der Waals surface area contributed by atoms with E-state index in [4.69, 9.17) is 28.3 Å². The maximum Gasteiger partial charge on any atom is 0.235 e. The van der Waals surface area contributed by atoms with Crippen molar-refractivity contribution in [1.29, 1.82) is 0 Å². The Morgan fingerprint density at radius 2 is 1.89 bits per heavy atom. The fraction of sp³-hybridized carbons (Fsp3) is 0.200. The summed E-state index contributed by atoms with van der Waals surface area (Å²) in [6, 6.07) is 13.5. The molecule has 0 bridgehead atoms. The zero-order valence-electron chi connectivity index (χ0n) is 14.8. The van der Waals surface area contributed by atoms with Crippen molar-refractivity contribution in [2.24, 2.45) is 0 Å². The fourth-order valence-electron chi connectivity index (χ4n) is 3.22. The van der Waals surface area contributed by atoms with Gasteiger partial charge in [-0.25, -0.2) is 4.68 Å². The van der Waals surface area contributed by atoms with Crippen LogP contribution in [0.1, 0.15) is 27.6 Å². The van der Waals surface area contributed by atoms with Crippen LogP contribution in [0.3, 0.4) is 0 Å². The van der Waals surface area contributed by atoms with Gasteiger partial charge in [-0.05, 0) is 43.7 Å².